The maximum absolute atomic E-state index is 6.03. The Bertz CT molecular complexity index is 413. The molecule has 2 rings (SSSR count). The summed E-state index contributed by atoms with van der Waals surface area (Å²) in [7, 11) is 0. The van der Waals surface area contributed by atoms with Gasteiger partial charge in [-0.1, -0.05) is 13.8 Å². The molecular weight excluding hydrogens is 248 g/mol. The van der Waals surface area contributed by atoms with Crippen LogP contribution in [0.15, 0.2) is 10.5 Å². The fourth-order valence-electron chi connectivity index (χ4n) is 3.11. The Balaban J connectivity index is 1.91. The van der Waals surface area contributed by atoms with Crippen molar-refractivity contribution in [3.63, 3.8) is 0 Å². The van der Waals surface area contributed by atoms with Gasteiger partial charge in [-0.3, -0.25) is 4.90 Å². The van der Waals surface area contributed by atoms with E-state index in [0.29, 0.717) is 6.04 Å². The van der Waals surface area contributed by atoms with Crippen LogP contribution in [-0.4, -0.2) is 24.0 Å². The highest BCUT2D eigenvalue weighted by Gasteiger charge is 2.23. The molecule has 1 aliphatic rings. The first-order chi connectivity index (χ1) is 9.60. The molecule has 0 amide bonds. The van der Waals surface area contributed by atoms with Crippen molar-refractivity contribution in [2.24, 2.45) is 5.92 Å². The quantitative estimate of drug-likeness (QED) is 0.804. The van der Waals surface area contributed by atoms with Crippen LogP contribution in [0.2, 0.25) is 0 Å². The van der Waals surface area contributed by atoms with E-state index in [4.69, 9.17) is 4.42 Å². The van der Waals surface area contributed by atoms with Crippen LogP contribution in [-0.2, 0) is 13.1 Å². The number of rotatable bonds is 6. The third kappa shape index (κ3) is 4.10. The Hall–Kier alpha value is -0.800. The number of hydrogen-bond donors (Lipinski definition) is 1. The maximum atomic E-state index is 6.03. The molecule has 1 saturated heterocycles. The zero-order valence-electron chi connectivity index (χ0n) is 13.5. The number of nitrogens with one attached hydrogen (secondary N) is 1. The van der Waals surface area contributed by atoms with Crippen molar-refractivity contribution in [1.82, 2.24) is 10.2 Å². The largest absolute Gasteiger partial charge is 0.463 e. The summed E-state index contributed by atoms with van der Waals surface area (Å²) in [5, 5.41) is 3.42. The van der Waals surface area contributed by atoms with Crippen LogP contribution in [0.1, 0.15) is 57.1 Å². The summed E-state index contributed by atoms with van der Waals surface area (Å²) < 4.78 is 6.03. The van der Waals surface area contributed by atoms with Crippen molar-refractivity contribution in [3.05, 3.63) is 23.2 Å². The third-order valence-electron chi connectivity index (χ3n) is 4.42. The highest BCUT2D eigenvalue weighted by molar-refractivity contribution is 5.20. The number of likely N-dealkylation sites (tertiary alicyclic amines) is 1. The zero-order valence-corrected chi connectivity index (χ0v) is 13.5. The molecule has 2 heterocycles. The summed E-state index contributed by atoms with van der Waals surface area (Å²) in [4.78, 5) is 2.56. The van der Waals surface area contributed by atoms with E-state index in [0.717, 1.165) is 43.5 Å². The molecule has 20 heavy (non-hydrogen) atoms. The monoisotopic (exact) mass is 278 g/mol. The average molecular weight is 278 g/mol. The van der Waals surface area contributed by atoms with E-state index in [1.807, 2.05) is 0 Å². The van der Waals surface area contributed by atoms with Gasteiger partial charge in [0.25, 0.3) is 0 Å². The lowest BCUT2D eigenvalue weighted by Crippen LogP contribution is -2.39. The van der Waals surface area contributed by atoms with Gasteiger partial charge in [0.05, 0.1) is 13.1 Å². The lowest BCUT2D eigenvalue weighted by atomic mass is 9.93. The standard InChI is InChI=1S/C17H30N2O/c1-5-7-18-11-17-14(3)10-16(20-17)12-19-8-6-13(2)9-15(19)4/h10,13,15,18H,5-9,11-12H2,1-4H3. The highest BCUT2D eigenvalue weighted by Crippen LogP contribution is 2.25. The van der Waals surface area contributed by atoms with Gasteiger partial charge >= 0.3 is 0 Å². The summed E-state index contributed by atoms with van der Waals surface area (Å²) in [6.45, 7) is 13.1. The first kappa shape index (κ1) is 15.6. The molecule has 0 spiro atoms. The van der Waals surface area contributed by atoms with Gasteiger partial charge in [-0.2, -0.15) is 0 Å². The Labute approximate surface area is 123 Å². The van der Waals surface area contributed by atoms with Crippen molar-refractivity contribution in [2.45, 2.75) is 66.1 Å². The van der Waals surface area contributed by atoms with Crippen LogP contribution in [0.25, 0.3) is 0 Å². The molecule has 1 aromatic rings. The maximum Gasteiger partial charge on any atom is 0.120 e. The van der Waals surface area contributed by atoms with Gasteiger partial charge in [0.1, 0.15) is 11.5 Å². The highest BCUT2D eigenvalue weighted by atomic mass is 16.3. The molecule has 3 nitrogen and oxygen atoms in total. The molecule has 3 heteroatoms. The van der Waals surface area contributed by atoms with Crippen molar-refractivity contribution in [3.8, 4) is 0 Å². The fraction of sp³-hybridized carbons (Fsp3) is 0.765. The van der Waals surface area contributed by atoms with Crippen LogP contribution in [0.5, 0.6) is 0 Å². The summed E-state index contributed by atoms with van der Waals surface area (Å²) >= 11 is 0. The van der Waals surface area contributed by atoms with Gasteiger partial charge in [0, 0.05) is 6.04 Å². The Morgan fingerprint density at radius 1 is 1.40 bits per heavy atom. The van der Waals surface area contributed by atoms with Gasteiger partial charge < -0.3 is 9.73 Å². The lowest BCUT2D eigenvalue weighted by molar-refractivity contribution is 0.113. The second-order valence-electron chi connectivity index (χ2n) is 6.44. The molecule has 0 radical (unpaired) electrons. The average Bonchev–Trinajstić information content (AvgIpc) is 2.74. The van der Waals surface area contributed by atoms with Gasteiger partial charge in [0.2, 0.25) is 0 Å². The van der Waals surface area contributed by atoms with E-state index >= 15 is 0 Å². The molecule has 0 aromatic carbocycles. The summed E-state index contributed by atoms with van der Waals surface area (Å²) in [6.07, 6.45) is 3.79. The molecule has 1 aromatic heterocycles. The van der Waals surface area contributed by atoms with Crippen molar-refractivity contribution >= 4 is 0 Å². The zero-order chi connectivity index (χ0) is 14.5. The lowest BCUT2D eigenvalue weighted by Gasteiger charge is -2.35. The van der Waals surface area contributed by atoms with Crippen LogP contribution in [0.3, 0.4) is 0 Å². The number of furan rings is 1. The molecule has 1 fully saturated rings. The van der Waals surface area contributed by atoms with E-state index in [1.54, 1.807) is 0 Å². The third-order valence-corrected chi connectivity index (χ3v) is 4.42. The van der Waals surface area contributed by atoms with Gasteiger partial charge in [-0.25, -0.2) is 0 Å². The Kier molecular flexibility index (Phi) is 5.67. The summed E-state index contributed by atoms with van der Waals surface area (Å²) in [6, 6.07) is 2.89. The summed E-state index contributed by atoms with van der Waals surface area (Å²) in [5.41, 5.74) is 1.28. The Morgan fingerprint density at radius 3 is 2.90 bits per heavy atom. The normalized spacial score (nSPS) is 24.2. The topological polar surface area (TPSA) is 28.4 Å². The van der Waals surface area contributed by atoms with E-state index < -0.39 is 0 Å². The predicted molar refractivity (Wildman–Crippen MR) is 83.7 cm³/mol. The first-order valence-electron chi connectivity index (χ1n) is 8.13. The minimum atomic E-state index is 0.672. The van der Waals surface area contributed by atoms with E-state index in [9.17, 15) is 0 Å². The molecule has 1 N–H and O–H groups in total. The van der Waals surface area contributed by atoms with Crippen molar-refractivity contribution < 1.29 is 4.42 Å². The minimum Gasteiger partial charge on any atom is -0.463 e. The van der Waals surface area contributed by atoms with Crippen LogP contribution < -0.4 is 5.32 Å². The SMILES string of the molecule is CCCNCc1oc(CN2CCC(C)CC2C)cc1C. The second kappa shape index (κ2) is 7.28. The smallest absolute Gasteiger partial charge is 0.120 e. The van der Waals surface area contributed by atoms with Gasteiger partial charge in [-0.15, -0.1) is 0 Å². The summed E-state index contributed by atoms with van der Waals surface area (Å²) in [5.74, 6) is 3.09. The fourth-order valence-corrected chi connectivity index (χ4v) is 3.11. The molecule has 114 valence electrons. The molecule has 0 saturated carbocycles. The van der Waals surface area contributed by atoms with E-state index in [1.165, 1.54) is 24.9 Å². The minimum absolute atomic E-state index is 0.672. The number of hydrogen-bond acceptors (Lipinski definition) is 3. The molecule has 2 unspecified atom stereocenters. The number of aryl methyl sites for hydroxylation is 1. The van der Waals surface area contributed by atoms with Crippen LogP contribution in [0.4, 0.5) is 0 Å². The molecule has 1 aliphatic heterocycles. The molecule has 0 aliphatic carbocycles. The molecular formula is C17H30N2O. The van der Waals surface area contributed by atoms with Crippen LogP contribution >= 0.6 is 0 Å². The van der Waals surface area contributed by atoms with E-state index in [-0.39, 0.29) is 0 Å². The molecule has 0 bridgehead atoms. The van der Waals surface area contributed by atoms with E-state index in [2.05, 4.69) is 44.0 Å². The number of piperidine rings is 1. The second-order valence-corrected chi connectivity index (χ2v) is 6.44. The Morgan fingerprint density at radius 2 is 2.20 bits per heavy atom. The van der Waals surface area contributed by atoms with Crippen molar-refractivity contribution in [2.75, 3.05) is 13.1 Å². The van der Waals surface area contributed by atoms with Gasteiger partial charge in [-0.05, 0) is 63.7 Å². The predicted octanol–water partition coefficient (Wildman–Crippen LogP) is 3.71. The molecule has 2 atom stereocenters. The van der Waals surface area contributed by atoms with Crippen LogP contribution in [0, 0.1) is 12.8 Å². The first-order valence-corrected chi connectivity index (χ1v) is 8.13. The van der Waals surface area contributed by atoms with Crippen molar-refractivity contribution in [1.29, 1.82) is 0 Å². The number of nitrogens with zero attached hydrogens (tertiary/aromatic N) is 1. The van der Waals surface area contributed by atoms with Gasteiger partial charge in [0.15, 0.2) is 0 Å².